The summed E-state index contributed by atoms with van der Waals surface area (Å²) in [7, 11) is 0. The molecule has 1 aromatic carbocycles. The Morgan fingerprint density at radius 1 is 1.25 bits per heavy atom. The van der Waals surface area contributed by atoms with Gasteiger partial charge in [-0.2, -0.15) is 4.99 Å². The number of aliphatic imine (C=N–C) groups is 1. The van der Waals surface area contributed by atoms with E-state index in [0.717, 1.165) is 25.7 Å². The Bertz CT molecular complexity index is 418. The molecule has 0 heterocycles. The Morgan fingerprint density at radius 3 is 2.19 bits per heavy atom. The molecule has 84 valence electrons. The van der Waals surface area contributed by atoms with Crippen molar-refractivity contribution in [3.05, 3.63) is 34.9 Å². The van der Waals surface area contributed by atoms with Crippen LogP contribution >= 0.6 is 0 Å². The van der Waals surface area contributed by atoms with Crippen molar-refractivity contribution in [1.82, 2.24) is 0 Å². The number of isocyanates is 1. The number of hydrogen-bond donors (Lipinski definition) is 0. The van der Waals surface area contributed by atoms with Crippen LogP contribution in [0.1, 0.15) is 43.4 Å². The first-order chi connectivity index (χ1) is 7.77. The Balaban J connectivity index is 2.57. The fraction of sp³-hybridized carbons (Fsp3) is 0.500. The van der Waals surface area contributed by atoms with Crippen LogP contribution in [0.5, 0.6) is 0 Å². The highest BCUT2D eigenvalue weighted by atomic mass is 16.1. The maximum Gasteiger partial charge on any atom is 0.235 e. The van der Waals surface area contributed by atoms with Crippen LogP contribution in [-0.4, -0.2) is 6.08 Å². The van der Waals surface area contributed by atoms with Gasteiger partial charge in [0.05, 0.1) is 5.54 Å². The average molecular weight is 215 g/mol. The van der Waals surface area contributed by atoms with Gasteiger partial charge in [-0.05, 0) is 42.4 Å². The summed E-state index contributed by atoms with van der Waals surface area (Å²) in [5.41, 5.74) is 3.73. The van der Waals surface area contributed by atoms with Crippen LogP contribution in [0.15, 0.2) is 23.2 Å². The number of hydrogen-bond acceptors (Lipinski definition) is 2. The van der Waals surface area contributed by atoms with Gasteiger partial charge in [0.25, 0.3) is 0 Å². The normalized spacial score (nSPS) is 16.6. The molecule has 2 heteroatoms. The molecule has 0 atom stereocenters. The quantitative estimate of drug-likeness (QED) is 0.560. The van der Waals surface area contributed by atoms with Gasteiger partial charge < -0.3 is 0 Å². The van der Waals surface area contributed by atoms with Gasteiger partial charge in [-0.25, -0.2) is 4.79 Å². The first-order valence-electron chi connectivity index (χ1n) is 5.97. The van der Waals surface area contributed by atoms with E-state index in [1.165, 1.54) is 16.7 Å². The molecule has 2 rings (SSSR count). The van der Waals surface area contributed by atoms with Gasteiger partial charge in [0.2, 0.25) is 6.08 Å². The maximum atomic E-state index is 10.5. The molecule has 0 N–H and O–H groups in total. The van der Waals surface area contributed by atoms with Crippen LogP contribution in [0.4, 0.5) is 0 Å². The maximum absolute atomic E-state index is 10.5. The van der Waals surface area contributed by atoms with Gasteiger partial charge in [-0.3, -0.25) is 0 Å². The number of carbonyl (C=O) groups excluding carboxylic acids is 1. The lowest BCUT2D eigenvalue weighted by Gasteiger charge is -2.17. The Labute approximate surface area is 96.4 Å². The minimum absolute atomic E-state index is 0.223. The predicted octanol–water partition coefficient (Wildman–Crippen LogP) is 3.14. The fourth-order valence-corrected chi connectivity index (χ4v) is 2.46. The lowest BCUT2D eigenvalue weighted by atomic mass is 9.90. The fourth-order valence-electron chi connectivity index (χ4n) is 2.46. The topological polar surface area (TPSA) is 29.4 Å². The molecule has 1 aliphatic carbocycles. The lowest BCUT2D eigenvalue weighted by Crippen LogP contribution is -2.10. The number of benzene rings is 1. The molecule has 1 aliphatic rings. The van der Waals surface area contributed by atoms with Gasteiger partial charge >= 0.3 is 0 Å². The van der Waals surface area contributed by atoms with Crippen molar-refractivity contribution in [1.29, 1.82) is 0 Å². The minimum atomic E-state index is -0.223. The summed E-state index contributed by atoms with van der Waals surface area (Å²) in [4.78, 5) is 14.6. The standard InChI is InChI=1S/C14H17NO/c1-3-11-6-5-7-12(4-2)13(11)14(8-9-14)15-10-16/h5-7H,3-4,8-9H2,1-2H3. The molecule has 0 saturated heterocycles. The van der Waals surface area contributed by atoms with Crippen molar-refractivity contribution in [2.45, 2.75) is 45.1 Å². The van der Waals surface area contributed by atoms with Crippen molar-refractivity contribution in [2.75, 3.05) is 0 Å². The number of rotatable bonds is 4. The van der Waals surface area contributed by atoms with E-state index in [1.54, 1.807) is 6.08 Å². The van der Waals surface area contributed by atoms with Gasteiger partial charge in [-0.15, -0.1) is 0 Å². The molecular formula is C14H17NO. The molecule has 0 spiro atoms. The smallest absolute Gasteiger partial charge is 0.211 e. The van der Waals surface area contributed by atoms with Crippen LogP contribution in [0.2, 0.25) is 0 Å². The summed E-state index contributed by atoms with van der Waals surface area (Å²) < 4.78 is 0. The SMILES string of the molecule is CCc1cccc(CC)c1C1(N=C=O)CC1. The van der Waals surface area contributed by atoms with Gasteiger partial charge in [0.1, 0.15) is 0 Å². The molecule has 0 radical (unpaired) electrons. The van der Waals surface area contributed by atoms with E-state index in [9.17, 15) is 4.79 Å². The molecule has 1 saturated carbocycles. The van der Waals surface area contributed by atoms with E-state index in [0.29, 0.717) is 0 Å². The van der Waals surface area contributed by atoms with Crippen LogP contribution in [0.25, 0.3) is 0 Å². The van der Waals surface area contributed by atoms with Crippen molar-refractivity contribution in [3.63, 3.8) is 0 Å². The molecule has 0 aromatic heterocycles. The van der Waals surface area contributed by atoms with Crippen molar-refractivity contribution >= 4 is 6.08 Å². The largest absolute Gasteiger partial charge is 0.235 e. The van der Waals surface area contributed by atoms with E-state index >= 15 is 0 Å². The second-order valence-corrected chi connectivity index (χ2v) is 4.39. The Kier molecular flexibility index (Phi) is 2.93. The molecule has 0 aliphatic heterocycles. The summed E-state index contributed by atoms with van der Waals surface area (Å²) >= 11 is 0. The zero-order valence-corrected chi connectivity index (χ0v) is 9.92. The molecule has 1 aromatic rings. The van der Waals surface area contributed by atoms with Gasteiger partial charge in [-0.1, -0.05) is 32.0 Å². The van der Waals surface area contributed by atoms with Gasteiger partial charge in [0.15, 0.2) is 0 Å². The van der Waals surface area contributed by atoms with Crippen molar-refractivity contribution < 1.29 is 4.79 Å². The zero-order valence-electron chi connectivity index (χ0n) is 9.92. The molecule has 0 amide bonds. The third-order valence-corrected chi connectivity index (χ3v) is 3.45. The summed E-state index contributed by atoms with van der Waals surface area (Å²) in [6.45, 7) is 4.30. The second kappa shape index (κ2) is 4.23. The number of nitrogens with zero attached hydrogens (tertiary/aromatic N) is 1. The highest BCUT2D eigenvalue weighted by molar-refractivity contribution is 5.48. The highest BCUT2D eigenvalue weighted by Crippen LogP contribution is 2.51. The molecule has 2 nitrogen and oxygen atoms in total. The summed E-state index contributed by atoms with van der Waals surface area (Å²) in [6.07, 6.45) is 5.73. The highest BCUT2D eigenvalue weighted by Gasteiger charge is 2.46. The first kappa shape index (κ1) is 11.1. The van der Waals surface area contributed by atoms with Crippen molar-refractivity contribution in [3.8, 4) is 0 Å². The third kappa shape index (κ3) is 1.70. The van der Waals surface area contributed by atoms with Gasteiger partial charge in [0, 0.05) is 0 Å². The molecule has 0 unspecified atom stereocenters. The first-order valence-corrected chi connectivity index (χ1v) is 5.97. The monoisotopic (exact) mass is 215 g/mol. The Hall–Kier alpha value is -1.40. The molecule has 0 bridgehead atoms. The van der Waals surface area contributed by atoms with Crippen LogP contribution < -0.4 is 0 Å². The van der Waals surface area contributed by atoms with E-state index in [2.05, 4.69) is 37.0 Å². The Morgan fingerprint density at radius 2 is 1.81 bits per heavy atom. The summed E-state index contributed by atoms with van der Waals surface area (Å²) in [6, 6.07) is 6.39. The average Bonchev–Trinajstić information content (AvgIpc) is 3.09. The summed E-state index contributed by atoms with van der Waals surface area (Å²) in [5, 5.41) is 0. The molecular weight excluding hydrogens is 198 g/mol. The van der Waals surface area contributed by atoms with Crippen LogP contribution in [-0.2, 0) is 23.2 Å². The third-order valence-electron chi connectivity index (χ3n) is 3.45. The minimum Gasteiger partial charge on any atom is -0.211 e. The number of aryl methyl sites for hydroxylation is 2. The van der Waals surface area contributed by atoms with E-state index in [-0.39, 0.29) is 5.54 Å². The second-order valence-electron chi connectivity index (χ2n) is 4.39. The van der Waals surface area contributed by atoms with Crippen LogP contribution in [0.3, 0.4) is 0 Å². The van der Waals surface area contributed by atoms with E-state index < -0.39 is 0 Å². The molecule has 1 fully saturated rings. The van der Waals surface area contributed by atoms with E-state index in [4.69, 9.17) is 0 Å². The zero-order chi connectivity index (χ0) is 11.6. The van der Waals surface area contributed by atoms with E-state index in [1.807, 2.05) is 0 Å². The predicted molar refractivity (Wildman–Crippen MR) is 64.2 cm³/mol. The van der Waals surface area contributed by atoms with Crippen LogP contribution in [0, 0.1) is 0 Å². The van der Waals surface area contributed by atoms with Crippen molar-refractivity contribution in [2.24, 2.45) is 4.99 Å². The molecule has 16 heavy (non-hydrogen) atoms. The lowest BCUT2D eigenvalue weighted by molar-refractivity contribution is 0.555. The summed E-state index contributed by atoms with van der Waals surface area (Å²) in [5.74, 6) is 0.